The molecule has 3 heterocycles. The van der Waals surface area contributed by atoms with Gasteiger partial charge in [-0.3, -0.25) is 0 Å². The van der Waals surface area contributed by atoms with Crippen LogP contribution in [0.3, 0.4) is 0 Å². The van der Waals surface area contributed by atoms with Gasteiger partial charge in [0.1, 0.15) is 6.54 Å². The van der Waals surface area contributed by atoms with Crippen LogP contribution in [-0.4, -0.2) is 23.6 Å². The topological polar surface area (TPSA) is 21.5 Å². The standard InChI is InChI=1S/C16H18NO2/c1-2-10-4-5-17-8-11-6-14-15(19-9-18-14)7-13(11)12(3-1)16(10)17/h6-7,10,12H,1-5,8-9H2/q+1/t10-,12+/m1/s1. The summed E-state index contributed by atoms with van der Waals surface area (Å²) in [7, 11) is 0. The second-order valence-electron chi connectivity index (χ2n) is 6.22. The van der Waals surface area contributed by atoms with Crippen molar-refractivity contribution in [2.75, 3.05) is 13.3 Å². The maximum atomic E-state index is 5.57. The van der Waals surface area contributed by atoms with Crippen LogP contribution in [0.25, 0.3) is 0 Å². The van der Waals surface area contributed by atoms with Crippen molar-refractivity contribution < 1.29 is 14.0 Å². The van der Waals surface area contributed by atoms with Crippen LogP contribution in [0.5, 0.6) is 11.5 Å². The van der Waals surface area contributed by atoms with Crippen LogP contribution in [0.4, 0.5) is 0 Å². The maximum absolute atomic E-state index is 5.57. The molecule has 2 atom stereocenters. The molecular weight excluding hydrogens is 238 g/mol. The van der Waals surface area contributed by atoms with E-state index in [1.54, 1.807) is 5.71 Å². The smallest absolute Gasteiger partial charge is 0.231 e. The molecule has 3 aliphatic heterocycles. The summed E-state index contributed by atoms with van der Waals surface area (Å²) in [6.07, 6.45) is 5.46. The van der Waals surface area contributed by atoms with Gasteiger partial charge in [0.25, 0.3) is 0 Å². The first-order valence-corrected chi connectivity index (χ1v) is 7.44. The Labute approximate surface area is 112 Å². The van der Waals surface area contributed by atoms with E-state index in [9.17, 15) is 0 Å². The van der Waals surface area contributed by atoms with E-state index in [-0.39, 0.29) is 0 Å². The second-order valence-corrected chi connectivity index (χ2v) is 6.22. The van der Waals surface area contributed by atoms with Crippen LogP contribution >= 0.6 is 0 Å². The Bertz CT molecular complexity index is 605. The van der Waals surface area contributed by atoms with E-state index in [0.29, 0.717) is 12.7 Å². The van der Waals surface area contributed by atoms with Gasteiger partial charge in [0.2, 0.25) is 6.79 Å². The van der Waals surface area contributed by atoms with Gasteiger partial charge in [-0.1, -0.05) is 6.42 Å². The third-order valence-electron chi connectivity index (χ3n) is 5.30. The van der Waals surface area contributed by atoms with Gasteiger partial charge in [0.05, 0.1) is 5.92 Å². The average molecular weight is 256 g/mol. The molecule has 98 valence electrons. The molecule has 1 aromatic carbocycles. The summed E-state index contributed by atoms with van der Waals surface area (Å²) in [4.78, 5) is 0. The highest BCUT2D eigenvalue weighted by Gasteiger charge is 2.45. The highest BCUT2D eigenvalue weighted by atomic mass is 16.7. The minimum absolute atomic E-state index is 0.381. The molecule has 4 aliphatic rings. The number of ether oxygens (including phenoxy) is 2. The van der Waals surface area contributed by atoms with Crippen molar-refractivity contribution in [1.29, 1.82) is 0 Å². The van der Waals surface area contributed by atoms with Crippen molar-refractivity contribution in [3.63, 3.8) is 0 Å². The molecule has 0 N–H and O–H groups in total. The monoisotopic (exact) mass is 256 g/mol. The van der Waals surface area contributed by atoms with Crippen molar-refractivity contribution in [1.82, 2.24) is 0 Å². The maximum Gasteiger partial charge on any atom is 0.231 e. The van der Waals surface area contributed by atoms with Crippen LogP contribution in [0.15, 0.2) is 12.1 Å². The van der Waals surface area contributed by atoms with Gasteiger partial charge in [-0.25, -0.2) is 4.58 Å². The van der Waals surface area contributed by atoms with E-state index in [1.807, 2.05) is 0 Å². The highest BCUT2D eigenvalue weighted by molar-refractivity contribution is 5.91. The minimum atomic E-state index is 0.381. The van der Waals surface area contributed by atoms with Crippen molar-refractivity contribution in [3.05, 3.63) is 23.3 Å². The third kappa shape index (κ3) is 1.31. The second kappa shape index (κ2) is 3.53. The minimum Gasteiger partial charge on any atom is -0.454 e. The highest BCUT2D eigenvalue weighted by Crippen LogP contribution is 2.46. The molecule has 0 unspecified atom stereocenters. The zero-order valence-corrected chi connectivity index (χ0v) is 11.0. The molecule has 19 heavy (non-hydrogen) atoms. The molecular formula is C16H18NO2+. The number of benzene rings is 1. The van der Waals surface area contributed by atoms with Crippen molar-refractivity contribution >= 4 is 5.71 Å². The molecule has 3 heteroatoms. The van der Waals surface area contributed by atoms with Gasteiger partial charge in [0, 0.05) is 17.9 Å². The molecule has 3 nitrogen and oxygen atoms in total. The van der Waals surface area contributed by atoms with E-state index in [1.165, 1.54) is 43.4 Å². The lowest BCUT2D eigenvalue weighted by Crippen LogP contribution is -2.33. The van der Waals surface area contributed by atoms with Gasteiger partial charge in [-0.2, -0.15) is 0 Å². The summed E-state index contributed by atoms with van der Waals surface area (Å²) < 4.78 is 13.7. The molecule has 1 aliphatic carbocycles. The van der Waals surface area contributed by atoms with E-state index >= 15 is 0 Å². The molecule has 0 saturated heterocycles. The van der Waals surface area contributed by atoms with Crippen LogP contribution in [0, 0.1) is 5.92 Å². The summed E-state index contributed by atoms with van der Waals surface area (Å²) in [5, 5.41) is 0. The van der Waals surface area contributed by atoms with E-state index in [0.717, 1.165) is 24.0 Å². The SMILES string of the molecule is c1c2c(cc3c1OCO3)[C@@H]1CCC[C@@H]3CC[N+](=C31)C2. The zero-order valence-electron chi connectivity index (χ0n) is 11.0. The van der Waals surface area contributed by atoms with E-state index in [2.05, 4.69) is 16.7 Å². The van der Waals surface area contributed by atoms with E-state index < -0.39 is 0 Å². The first-order valence-electron chi connectivity index (χ1n) is 7.44. The van der Waals surface area contributed by atoms with Gasteiger partial charge in [-0.05, 0) is 30.5 Å². The Balaban J connectivity index is 1.68. The number of hydrogen-bond acceptors (Lipinski definition) is 2. The van der Waals surface area contributed by atoms with Crippen LogP contribution in [0.2, 0.25) is 0 Å². The largest absolute Gasteiger partial charge is 0.454 e. The number of rotatable bonds is 0. The molecule has 0 spiro atoms. The Morgan fingerprint density at radius 3 is 2.89 bits per heavy atom. The summed E-state index contributed by atoms with van der Waals surface area (Å²) in [5.41, 5.74) is 4.71. The quantitative estimate of drug-likeness (QED) is 0.666. The summed E-state index contributed by atoms with van der Waals surface area (Å²) >= 11 is 0. The molecule has 0 amide bonds. The summed E-state index contributed by atoms with van der Waals surface area (Å²) in [5.74, 6) is 3.40. The molecule has 1 fully saturated rings. The Morgan fingerprint density at radius 1 is 1.05 bits per heavy atom. The van der Waals surface area contributed by atoms with E-state index in [4.69, 9.17) is 9.47 Å². The zero-order chi connectivity index (χ0) is 12.4. The summed E-state index contributed by atoms with van der Waals surface area (Å²) in [6, 6.07) is 4.48. The normalized spacial score (nSPS) is 30.3. The molecule has 1 aromatic rings. The third-order valence-corrected chi connectivity index (χ3v) is 5.30. The molecule has 0 radical (unpaired) electrons. The van der Waals surface area contributed by atoms with Gasteiger partial charge >= 0.3 is 0 Å². The van der Waals surface area contributed by atoms with Crippen LogP contribution in [0.1, 0.15) is 42.7 Å². The fourth-order valence-corrected chi connectivity index (χ4v) is 4.51. The van der Waals surface area contributed by atoms with Crippen LogP contribution < -0.4 is 9.47 Å². The molecule has 5 rings (SSSR count). The first-order chi connectivity index (χ1) is 9.40. The Kier molecular flexibility index (Phi) is 1.91. The predicted molar refractivity (Wildman–Crippen MR) is 71.1 cm³/mol. The fraction of sp³-hybridized carbons (Fsp3) is 0.562. The fourth-order valence-electron chi connectivity index (χ4n) is 4.51. The molecule has 0 aromatic heterocycles. The van der Waals surface area contributed by atoms with Crippen LogP contribution in [-0.2, 0) is 6.54 Å². The van der Waals surface area contributed by atoms with Crippen molar-refractivity contribution in [2.45, 2.75) is 38.1 Å². The lowest BCUT2D eigenvalue weighted by atomic mass is 9.74. The van der Waals surface area contributed by atoms with Crippen molar-refractivity contribution in [3.8, 4) is 11.5 Å². The van der Waals surface area contributed by atoms with Gasteiger partial charge in [0.15, 0.2) is 23.8 Å². The predicted octanol–water partition coefficient (Wildman–Crippen LogP) is 2.67. The van der Waals surface area contributed by atoms with Gasteiger partial charge in [-0.15, -0.1) is 0 Å². The number of hydrogen-bond donors (Lipinski definition) is 0. The molecule has 1 saturated carbocycles. The molecule has 0 bridgehead atoms. The van der Waals surface area contributed by atoms with Crippen molar-refractivity contribution in [2.24, 2.45) is 5.92 Å². The average Bonchev–Trinajstić information content (AvgIpc) is 3.05. The lowest BCUT2D eigenvalue weighted by Gasteiger charge is -2.29. The first kappa shape index (κ1) is 10.3. The Morgan fingerprint density at radius 2 is 1.95 bits per heavy atom. The summed E-state index contributed by atoms with van der Waals surface area (Å²) in [6.45, 7) is 2.71. The lowest BCUT2D eigenvalue weighted by molar-refractivity contribution is -0.539. The number of fused-ring (bicyclic) bond motifs is 3. The van der Waals surface area contributed by atoms with Gasteiger partial charge < -0.3 is 9.47 Å². The Hall–Kier alpha value is -1.51. The number of nitrogens with zero attached hydrogens (tertiary/aromatic N) is 1.